The van der Waals surface area contributed by atoms with Crippen molar-refractivity contribution in [3.8, 4) is 0 Å². The minimum Gasteiger partial charge on any atom is -0.384 e. The molecule has 1 aliphatic rings. The van der Waals surface area contributed by atoms with Crippen molar-refractivity contribution in [3.05, 3.63) is 47.0 Å². The van der Waals surface area contributed by atoms with Crippen molar-refractivity contribution in [2.45, 2.75) is 51.6 Å². The normalized spacial score (nSPS) is 22.1. The Labute approximate surface area is 104 Å². The topological polar surface area (TPSA) is 20.2 Å². The highest BCUT2D eigenvalue weighted by Gasteiger charge is 2.14. The molecule has 0 radical (unpaired) electrons. The van der Waals surface area contributed by atoms with Crippen molar-refractivity contribution >= 4 is 0 Å². The Morgan fingerprint density at radius 1 is 1.12 bits per heavy atom. The van der Waals surface area contributed by atoms with Crippen LogP contribution >= 0.6 is 0 Å². The van der Waals surface area contributed by atoms with Crippen molar-refractivity contribution in [3.63, 3.8) is 0 Å². The highest BCUT2D eigenvalue weighted by Crippen LogP contribution is 2.28. The average molecular weight is 230 g/mol. The number of aryl methyl sites for hydroxylation is 1. The van der Waals surface area contributed by atoms with Gasteiger partial charge in [0.05, 0.1) is 0 Å². The van der Waals surface area contributed by atoms with Crippen molar-refractivity contribution < 1.29 is 5.11 Å². The van der Waals surface area contributed by atoms with Crippen molar-refractivity contribution in [1.82, 2.24) is 0 Å². The molecule has 0 aliphatic heterocycles. The van der Waals surface area contributed by atoms with Gasteiger partial charge in [0.15, 0.2) is 0 Å². The van der Waals surface area contributed by atoms with Crippen LogP contribution in [0.25, 0.3) is 0 Å². The van der Waals surface area contributed by atoms with Gasteiger partial charge in [-0.1, -0.05) is 48.7 Å². The van der Waals surface area contributed by atoms with Crippen molar-refractivity contribution in [2.75, 3.05) is 0 Å². The molecule has 0 bridgehead atoms. The third-order valence-corrected chi connectivity index (χ3v) is 3.54. The van der Waals surface area contributed by atoms with E-state index in [9.17, 15) is 5.11 Å². The van der Waals surface area contributed by atoms with E-state index in [1.165, 1.54) is 36.8 Å². The number of allylic oxidation sites excluding steroid dienone is 1. The monoisotopic (exact) mass is 230 g/mol. The van der Waals surface area contributed by atoms with Crippen LogP contribution in [0.4, 0.5) is 0 Å². The fraction of sp³-hybridized carbons (Fsp3) is 0.500. The van der Waals surface area contributed by atoms with E-state index < -0.39 is 6.10 Å². The maximum absolute atomic E-state index is 10.4. The largest absolute Gasteiger partial charge is 0.384 e. The van der Waals surface area contributed by atoms with Crippen LogP contribution in [0.1, 0.15) is 55.8 Å². The van der Waals surface area contributed by atoms with Gasteiger partial charge < -0.3 is 5.11 Å². The molecule has 92 valence electrons. The molecule has 0 amide bonds. The van der Waals surface area contributed by atoms with Gasteiger partial charge in [0, 0.05) is 0 Å². The third kappa shape index (κ3) is 3.44. The van der Waals surface area contributed by atoms with E-state index in [0.717, 1.165) is 18.4 Å². The summed E-state index contributed by atoms with van der Waals surface area (Å²) in [5, 5.41) is 10.4. The first-order valence-corrected chi connectivity index (χ1v) is 6.71. The Morgan fingerprint density at radius 3 is 2.76 bits per heavy atom. The van der Waals surface area contributed by atoms with E-state index in [0.29, 0.717) is 0 Å². The second-order valence-electron chi connectivity index (χ2n) is 5.05. The van der Waals surface area contributed by atoms with Gasteiger partial charge >= 0.3 is 0 Å². The number of benzene rings is 1. The molecule has 0 aromatic heterocycles. The highest BCUT2D eigenvalue weighted by atomic mass is 16.3. The molecule has 1 aromatic carbocycles. The van der Waals surface area contributed by atoms with Crippen LogP contribution < -0.4 is 0 Å². The highest BCUT2D eigenvalue weighted by molar-refractivity contribution is 5.29. The summed E-state index contributed by atoms with van der Waals surface area (Å²) in [6, 6.07) is 8.21. The Hall–Kier alpha value is -1.08. The summed E-state index contributed by atoms with van der Waals surface area (Å²) in [5.41, 5.74) is 3.47. The molecule has 1 unspecified atom stereocenters. The Balaban J connectivity index is 2.14. The first-order valence-electron chi connectivity index (χ1n) is 6.71. The first-order chi connectivity index (χ1) is 8.27. The van der Waals surface area contributed by atoms with Crippen LogP contribution in [0.15, 0.2) is 35.9 Å². The Morgan fingerprint density at radius 2 is 1.94 bits per heavy atom. The average Bonchev–Trinajstić information content (AvgIpc) is 2.28. The zero-order valence-electron chi connectivity index (χ0n) is 10.7. The van der Waals surface area contributed by atoms with E-state index in [1.54, 1.807) is 0 Å². The number of hydrogen-bond acceptors (Lipinski definition) is 1. The molecular formula is C16H22O. The van der Waals surface area contributed by atoms with Gasteiger partial charge in [-0.25, -0.2) is 0 Å². The second kappa shape index (κ2) is 6.02. The minimum absolute atomic E-state index is 0.395. The Kier molecular flexibility index (Phi) is 4.38. The molecule has 0 spiro atoms. The van der Waals surface area contributed by atoms with Crippen LogP contribution in [0, 0.1) is 6.92 Å². The predicted octanol–water partition coefficient (Wildman–Crippen LogP) is 4.31. The number of aliphatic hydroxyl groups excluding tert-OH is 1. The van der Waals surface area contributed by atoms with Crippen LogP contribution in [-0.4, -0.2) is 5.11 Å². The lowest BCUT2D eigenvalue weighted by atomic mass is 9.92. The molecule has 1 N–H and O–H groups in total. The lowest BCUT2D eigenvalue weighted by molar-refractivity contribution is 0.209. The molecule has 17 heavy (non-hydrogen) atoms. The molecule has 0 saturated carbocycles. The minimum atomic E-state index is -0.395. The first kappa shape index (κ1) is 12.4. The van der Waals surface area contributed by atoms with E-state index in [-0.39, 0.29) is 0 Å². The zero-order chi connectivity index (χ0) is 12.1. The second-order valence-corrected chi connectivity index (χ2v) is 5.05. The number of rotatable bonds is 2. The molecular weight excluding hydrogens is 208 g/mol. The molecule has 1 aromatic rings. The third-order valence-electron chi connectivity index (χ3n) is 3.54. The van der Waals surface area contributed by atoms with Crippen molar-refractivity contribution in [1.29, 1.82) is 0 Å². The number of aliphatic hydroxyl groups is 1. The standard InChI is InChI=1S/C16H22O/c1-13-8-7-11-15(12-13)16(17)14-9-5-3-2-4-6-10-14/h7-9,11-12,16-17H,2-6,10H2,1H3/b14-9+. The summed E-state index contributed by atoms with van der Waals surface area (Å²) < 4.78 is 0. The van der Waals surface area contributed by atoms with Gasteiger partial charge in [0.2, 0.25) is 0 Å². The lowest BCUT2D eigenvalue weighted by Gasteiger charge is -2.18. The lowest BCUT2D eigenvalue weighted by Crippen LogP contribution is -2.03. The maximum atomic E-state index is 10.4. The fourth-order valence-corrected chi connectivity index (χ4v) is 2.52. The molecule has 0 heterocycles. The van der Waals surface area contributed by atoms with E-state index >= 15 is 0 Å². The van der Waals surface area contributed by atoms with Gasteiger partial charge in [0.25, 0.3) is 0 Å². The van der Waals surface area contributed by atoms with Gasteiger partial charge in [-0.15, -0.1) is 0 Å². The summed E-state index contributed by atoms with van der Waals surface area (Å²) >= 11 is 0. The van der Waals surface area contributed by atoms with Gasteiger partial charge in [-0.3, -0.25) is 0 Å². The molecule has 0 fully saturated rings. The zero-order valence-corrected chi connectivity index (χ0v) is 10.7. The quantitative estimate of drug-likeness (QED) is 0.751. The van der Waals surface area contributed by atoms with E-state index in [2.05, 4.69) is 25.1 Å². The van der Waals surface area contributed by atoms with Crippen LogP contribution in [0.5, 0.6) is 0 Å². The van der Waals surface area contributed by atoms with Gasteiger partial charge in [0.1, 0.15) is 6.10 Å². The maximum Gasteiger partial charge on any atom is 0.100 e. The summed E-state index contributed by atoms with van der Waals surface area (Å²) in [6.07, 6.45) is 9.16. The van der Waals surface area contributed by atoms with Crippen molar-refractivity contribution in [2.24, 2.45) is 0 Å². The molecule has 1 heteroatoms. The van der Waals surface area contributed by atoms with Crippen LogP contribution in [0.3, 0.4) is 0 Å². The fourth-order valence-electron chi connectivity index (χ4n) is 2.52. The van der Waals surface area contributed by atoms with Crippen LogP contribution in [0.2, 0.25) is 0 Å². The molecule has 1 atom stereocenters. The summed E-state index contributed by atoms with van der Waals surface area (Å²) in [6.45, 7) is 2.07. The SMILES string of the molecule is Cc1cccc(C(O)/C2=C/CCCCCC2)c1. The van der Waals surface area contributed by atoms with Gasteiger partial charge in [-0.2, -0.15) is 0 Å². The Bertz CT molecular complexity index is 392. The van der Waals surface area contributed by atoms with E-state index in [1.807, 2.05) is 12.1 Å². The molecule has 0 saturated heterocycles. The molecule has 2 rings (SSSR count). The predicted molar refractivity (Wildman–Crippen MR) is 71.9 cm³/mol. The summed E-state index contributed by atoms with van der Waals surface area (Å²) in [4.78, 5) is 0. The van der Waals surface area contributed by atoms with Crippen LogP contribution in [-0.2, 0) is 0 Å². The molecule has 1 nitrogen and oxygen atoms in total. The van der Waals surface area contributed by atoms with Gasteiger partial charge in [-0.05, 0) is 43.7 Å². The summed E-state index contributed by atoms with van der Waals surface area (Å²) in [7, 11) is 0. The summed E-state index contributed by atoms with van der Waals surface area (Å²) in [5.74, 6) is 0. The molecule has 1 aliphatic carbocycles. The number of hydrogen-bond donors (Lipinski definition) is 1. The van der Waals surface area contributed by atoms with E-state index in [4.69, 9.17) is 0 Å². The smallest absolute Gasteiger partial charge is 0.100 e.